The van der Waals surface area contributed by atoms with Gasteiger partial charge in [0, 0.05) is 19.1 Å². The smallest absolute Gasteiger partial charge is 0.0424 e. The van der Waals surface area contributed by atoms with Gasteiger partial charge < -0.3 is 10.6 Å². The molecule has 3 unspecified atom stereocenters. The third kappa shape index (κ3) is 3.67. The van der Waals surface area contributed by atoms with Crippen molar-refractivity contribution in [2.24, 2.45) is 17.6 Å². The highest BCUT2D eigenvalue weighted by atomic mass is 15.1. The van der Waals surface area contributed by atoms with Crippen LogP contribution in [0.4, 0.5) is 0 Å². The molecule has 3 rings (SSSR count). The van der Waals surface area contributed by atoms with Crippen LogP contribution < -0.4 is 5.73 Å². The van der Waals surface area contributed by atoms with Crippen LogP contribution in [0.1, 0.15) is 56.2 Å². The first-order valence-electron chi connectivity index (χ1n) is 8.83. The molecule has 1 aliphatic carbocycles. The molecule has 1 saturated heterocycles. The molecule has 2 N–H and O–H groups in total. The largest absolute Gasteiger partial charge is 0.323 e. The Hall–Kier alpha value is -0.860. The fourth-order valence-electron chi connectivity index (χ4n) is 4.23. The summed E-state index contributed by atoms with van der Waals surface area (Å²) in [4.78, 5) is 2.62. The van der Waals surface area contributed by atoms with E-state index in [9.17, 15) is 0 Å². The average molecular weight is 286 g/mol. The van der Waals surface area contributed by atoms with Gasteiger partial charge in [-0.1, -0.05) is 50.5 Å². The van der Waals surface area contributed by atoms with Crippen molar-refractivity contribution in [2.75, 3.05) is 19.6 Å². The lowest BCUT2D eigenvalue weighted by atomic mass is 9.75. The van der Waals surface area contributed by atoms with Gasteiger partial charge in [0.1, 0.15) is 0 Å². The first kappa shape index (κ1) is 15.1. The van der Waals surface area contributed by atoms with E-state index in [1.54, 1.807) is 0 Å². The van der Waals surface area contributed by atoms with Crippen molar-refractivity contribution in [3.63, 3.8) is 0 Å². The number of hydrogen-bond donors (Lipinski definition) is 1. The third-order valence-electron chi connectivity index (χ3n) is 5.65. The number of aryl methyl sites for hydroxylation is 1. The van der Waals surface area contributed by atoms with Crippen molar-refractivity contribution in [2.45, 2.75) is 51.5 Å². The van der Waals surface area contributed by atoms with E-state index in [0.29, 0.717) is 0 Å². The summed E-state index contributed by atoms with van der Waals surface area (Å²) in [6.07, 6.45) is 8.32. The van der Waals surface area contributed by atoms with Crippen LogP contribution in [0.3, 0.4) is 0 Å². The Kier molecular flexibility index (Phi) is 4.97. The van der Waals surface area contributed by atoms with Gasteiger partial charge in [-0.2, -0.15) is 0 Å². The SMILES string of the molecule is CCc1ccc(C(N)CN2CCC3CCCCC3C2)cc1. The van der Waals surface area contributed by atoms with E-state index in [4.69, 9.17) is 5.73 Å². The topological polar surface area (TPSA) is 29.3 Å². The summed E-state index contributed by atoms with van der Waals surface area (Å²) in [6, 6.07) is 9.05. The van der Waals surface area contributed by atoms with Gasteiger partial charge in [0.05, 0.1) is 0 Å². The van der Waals surface area contributed by atoms with E-state index in [-0.39, 0.29) is 6.04 Å². The number of rotatable bonds is 4. The van der Waals surface area contributed by atoms with Crippen LogP contribution in [0.5, 0.6) is 0 Å². The fourth-order valence-corrected chi connectivity index (χ4v) is 4.23. The molecule has 116 valence electrons. The molecule has 0 amide bonds. The molecule has 0 spiro atoms. The predicted molar refractivity (Wildman–Crippen MR) is 89.3 cm³/mol. The van der Waals surface area contributed by atoms with Crippen LogP contribution in [0.25, 0.3) is 0 Å². The van der Waals surface area contributed by atoms with Crippen LogP contribution >= 0.6 is 0 Å². The molecular formula is C19H30N2. The van der Waals surface area contributed by atoms with Gasteiger partial charge in [0.15, 0.2) is 0 Å². The molecule has 1 saturated carbocycles. The highest BCUT2D eigenvalue weighted by molar-refractivity contribution is 5.25. The zero-order valence-corrected chi connectivity index (χ0v) is 13.4. The van der Waals surface area contributed by atoms with Crippen LogP contribution in [0.15, 0.2) is 24.3 Å². The quantitative estimate of drug-likeness (QED) is 0.913. The van der Waals surface area contributed by atoms with Gasteiger partial charge >= 0.3 is 0 Å². The molecule has 0 aromatic heterocycles. The molecule has 3 atom stereocenters. The zero-order chi connectivity index (χ0) is 14.7. The summed E-state index contributed by atoms with van der Waals surface area (Å²) in [6.45, 7) is 5.76. The second-order valence-electron chi connectivity index (χ2n) is 7.05. The van der Waals surface area contributed by atoms with E-state index in [2.05, 4.69) is 36.1 Å². The first-order chi connectivity index (χ1) is 10.3. The summed E-state index contributed by atoms with van der Waals surface area (Å²) < 4.78 is 0. The summed E-state index contributed by atoms with van der Waals surface area (Å²) in [5.41, 5.74) is 9.13. The number of benzene rings is 1. The highest BCUT2D eigenvalue weighted by Gasteiger charge is 2.31. The van der Waals surface area contributed by atoms with Crippen molar-refractivity contribution in [3.05, 3.63) is 35.4 Å². The van der Waals surface area contributed by atoms with Crippen molar-refractivity contribution in [1.82, 2.24) is 4.90 Å². The van der Waals surface area contributed by atoms with E-state index in [0.717, 1.165) is 24.8 Å². The minimum absolute atomic E-state index is 0.163. The molecule has 1 heterocycles. The molecule has 1 aliphatic heterocycles. The van der Waals surface area contributed by atoms with Gasteiger partial charge in [-0.3, -0.25) is 0 Å². The number of fused-ring (bicyclic) bond motifs is 1. The van der Waals surface area contributed by atoms with Gasteiger partial charge in [-0.15, -0.1) is 0 Å². The fraction of sp³-hybridized carbons (Fsp3) is 0.684. The second kappa shape index (κ2) is 6.93. The summed E-state index contributed by atoms with van der Waals surface area (Å²) in [7, 11) is 0. The number of nitrogens with two attached hydrogens (primary N) is 1. The maximum Gasteiger partial charge on any atom is 0.0424 e. The molecule has 0 radical (unpaired) electrons. The Morgan fingerprint density at radius 3 is 2.52 bits per heavy atom. The van der Waals surface area contributed by atoms with Crippen molar-refractivity contribution < 1.29 is 0 Å². The third-order valence-corrected chi connectivity index (χ3v) is 5.65. The average Bonchev–Trinajstić information content (AvgIpc) is 2.55. The van der Waals surface area contributed by atoms with E-state index < -0.39 is 0 Å². The molecule has 0 bridgehead atoms. The number of hydrogen-bond acceptors (Lipinski definition) is 2. The van der Waals surface area contributed by atoms with Crippen molar-refractivity contribution >= 4 is 0 Å². The number of piperidine rings is 1. The lowest BCUT2D eigenvalue weighted by molar-refractivity contribution is 0.0828. The Labute approximate surface area is 129 Å². The highest BCUT2D eigenvalue weighted by Crippen LogP contribution is 2.36. The van der Waals surface area contributed by atoms with E-state index in [1.807, 2.05) is 0 Å². The molecular weight excluding hydrogens is 256 g/mol. The van der Waals surface area contributed by atoms with Gasteiger partial charge in [0.25, 0.3) is 0 Å². The zero-order valence-electron chi connectivity index (χ0n) is 13.4. The Morgan fingerprint density at radius 1 is 1.10 bits per heavy atom. The Morgan fingerprint density at radius 2 is 1.81 bits per heavy atom. The molecule has 2 fully saturated rings. The monoisotopic (exact) mass is 286 g/mol. The van der Waals surface area contributed by atoms with Crippen LogP contribution in [-0.4, -0.2) is 24.5 Å². The maximum absolute atomic E-state index is 6.44. The standard InChI is InChI=1S/C19H30N2/c1-2-15-7-9-17(10-8-15)19(20)14-21-12-11-16-5-3-4-6-18(16)13-21/h7-10,16,18-19H,2-6,11-14,20H2,1H3. The van der Waals surface area contributed by atoms with Gasteiger partial charge in [-0.05, 0) is 48.8 Å². The molecule has 1 aromatic carbocycles. The first-order valence-corrected chi connectivity index (χ1v) is 8.83. The molecule has 2 heteroatoms. The molecule has 2 aliphatic rings. The molecule has 2 nitrogen and oxygen atoms in total. The lowest BCUT2D eigenvalue weighted by Crippen LogP contribution is -2.44. The van der Waals surface area contributed by atoms with E-state index in [1.165, 1.54) is 56.3 Å². The minimum Gasteiger partial charge on any atom is -0.323 e. The van der Waals surface area contributed by atoms with Crippen molar-refractivity contribution in [3.8, 4) is 0 Å². The summed E-state index contributed by atoms with van der Waals surface area (Å²) >= 11 is 0. The normalized spacial score (nSPS) is 28.1. The number of likely N-dealkylation sites (tertiary alicyclic amines) is 1. The second-order valence-corrected chi connectivity index (χ2v) is 7.05. The maximum atomic E-state index is 6.44. The van der Waals surface area contributed by atoms with E-state index >= 15 is 0 Å². The molecule has 21 heavy (non-hydrogen) atoms. The lowest BCUT2D eigenvalue weighted by Gasteiger charge is -2.42. The molecule has 1 aromatic rings. The van der Waals surface area contributed by atoms with Crippen LogP contribution in [-0.2, 0) is 6.42 Å². The summed E-state index contributed by atoms with van der Waals surface area (Å²) in [5, 5.41) is 0. The van der Waals surface area contributed by atoms with Crippen LogP contribution in [0, 0.1) is 11.8 Å². The van der Waals surface area contributed by atoms with Gasteiger partial charge in [-0.25, -0.2) is 0 Å². The number of nitrogens with zero attached hydrogens (tertiary/aromatic N) is 1. The predicted octanol–water partition coefficient (Wildman–Crippen LogP) is 3.76. The summed E-state index contributed by atoms with van der Waals surface area (Å²) in [5.74, 6) is 1.96. The minimum atomic E-state index is 0.163. The van der Waals surface area contributed by atoms with Crippen molar-refractivity contribution in [1.29, 1.82) is 0 Å². The Bertz CT molecular complexity index is 439. The Balaban J connectivity index is 1.55. The van der Waals surface area contributed by atoms with Crippen LogP contribution in [0.2, 0.25) is 0 Å². The van der Waals surface area contributed by atoms with Gasteiger partial charge in [0.2, 0.25) is 0 Å².